The van der Waals surface area contributed by atoms with Crippen molar-refractivity contribution in [3.8, 4) is 5.75 Å². The van der Waals surface area contributed by atoms with E-state index >= 15 is 0 Å². The van der Waals surface area contributed by atoms with Crippen LogP contribution in [0.2, 0.25) is 0 Å². The van der Waals surface area contributed by atoms with Crippen molar-refractivity contribution in [2.75, 3.05) is 18.1 Å². The summed E-state index contributed by atoms with van der Waals surface area (Å²) in [6.07, 6.45) is 1.46. The average Bonchev–Trinajstić information content (AvgIpc) is 3.11. The highest BCUT2D eigenvalue weighted by Gasteiger charge is 2.22. The molecule has 1 unspecified atom stereocenters. The summed E-state index contributed by atoms with van der Waals surface area (Å²) in [5.74, 6) is 0.816. The lowest BCUT2D eigenvalue weighted by atomic mass is 9.96. The van der Waals surface area contributed by atoms with Crippen LogP contribution in [0, 0.1) is 5.92 Å². The van der Waals surface area contributed by atoms with E-state index < -0.39 is 0 Å². The molecule has 5 nitrogen and oxygen atoms in total. The van der Waals surface area contributed by atoms with Gasteiger partial charge in [-0.15, -0.1) is 0 Å². The highest BCUT2D eigenvalue weighted by atomic mass is 16.5. The van der Waals surface area contributed by atoms with Crippen LogP contribution < -0.4 is 15.0 Å². The molecule has 1 aliphatic heterocycles. The summed E-state index contributed by atoms with van der Waals surface area (Å²) in [6.45, 7) is 4.83. The SMILES string of the molecule is CC(C)C(NC(=O)COc1cccc(N2CCCC2=O)c1)c1ccccc1. The fourth-order valence-corrected chi connectivity index (χ4v) is 3.32. The van der Waals surface area contributed by atoms with Crippen molar-refractivity contribution in [1.82, 2.24) is 5.32 Å². The van der Waals surface area contributed by atoms with Crippen LogP contribution in [-0.2, 0) is 9.59 Å². The topological polar surface area (TPSA) is 58.6 Å². The third-order valence-electron chi connectivity index (χ3n) is 4.71. The van der Waals surface area contributed by atoms with Gasteiger partial charge in [0.25, 0.3) is 5.91 Å². The second-order valence-corrected chi connectivity index (χ2v) is 7.13. The molecule has 3 rings (SSSR count). The third-order valence-corrected chi connectivity index (χ3v) is 4.71. The van der Waals surface area contributed by atoms with Crippen molar-refractivity contribution >= 4 is 17.5 Å². The van der Waals surface area contributed by atoms with E-state index in [-0.39, 0.29) is 30.4 Å². The molecule has 1 heterocycles. The van der Waals surface area contributed by atoms with Crippen molar-refractivity contribution < 1.29 is 14.3 Å². The zero-order chi connectivity index (χ0) is 19.2. The lowest BCUT2D eigenvalue weighted by Gasteiger charge is -2.23. The van der Waals surface area contributed by atoms with Gasteiger partial charge >= 0.3 is 0 Å². The Morgan fingerprint density at radius 2 is 1.93 bits per heavy atom. The Hall–Kier alpha value is -2.82. The van der Waals surface area contributed by atoms with E-state index in [1.807, 2.05) is 48.5 Å². The smallest absolute Gasteiger partial charge is 0.258 e. The normalized spacial score (nSPS) is 15.1. The molecular weight excluding hydrogens is 340 g/mol. The number of nitrogens with zero attached hydrogens (tertiary/aromatic N) is 1. The fourth-order valence-electron chi connectivity index (χ4n) is 3.32. The molecule has 0 aliphatic carbocycles. The standard InChI is InChI=1S/C22H26N2O3/c1-16(2)22(17-8-4-3-5-9-17)23-20(25)15-27-19-11-6-10-18(14-19)24-13-7-12-21(24)26/h3-6,8-11,14,16,22H,7,12-13,15H2,1-2H3,(H,23,25). The molecule has 2 amide bonds. The number of amides is 2. The van der Waals surface area contributed by atoms with E-state index in [0.717, 1.165) is 24.2 Å². The molecular formula is C22H26N2O3. The van der Waals surface area contributed by atoms with Crippen molar-refractivity contribution in [2.45, 2.75) is 32.7 Å². The Bertz CT molecular complexity index is 789. The first kappa shape index (κ1) is 19.0. The van der Waals surface area contributed by atoms with Crippen LogP contribution >= 0.6 is 0 Å². The number of anilines is 1. The fraction of sp³-hybridized carbons (Fsp3) is 0.364. The lowest BCUT2D eigenvalue weighted by Crippen LogP contribution is -2.35. The molecule has 0 aromatic heterocycles. The Balaban J connectivity index is 1.59. The zero-order valence-electron chi connectivity index (χ0n) is 15.9. The van der Waals surface area contributed by atoms with Crippen LogP contribution in [0.3, 0.4) is 0 Å². The molecule has 0 spiro atoms. The summed E-state index contributed by atoms with van der Waals surface area (Å²) in [7, 11) is 0. The molecule has 27 heavy (non-hydrogen) atoms. The lowest BCUT2D eigenvalue weighted by molar-refractivity contribution is -0.124. The molecule has 0 radical (unpaired) electrons. The second kappa shape index (κ2) is 8.71. The number of hydrogen-bond donors (Lipinski definition) is 1. The molecule has 1 atom stereocenters. The summed E-state index contributed by atoms with van der Waals surface area (Å²) in [5.41, 5.74) is 1.90. The van der Waals surface area contributed by atoms with Crippen LogP contribution in [-0.4, -0.2) is 25.0 Å². The number of ether oxygens (including phenoxy) is 1. The molecule has 1 N–H and O–H groups in total. The van der Waals surface area contributed by atoms with E-state index in [2.05, 4.69) is 19.2 Å². The van der Waals surface area contributed by atoms with E-state index in [4.69, 9.17) is 4.74 Å². The van der Waals surface area contributed by atoms with Crippen molar-refractivity contribution in [3.63, 3.8) is 0 Å². The average molecular weight is 366 g/mol. The van der Waals surface area contributed by atoms with Gasteiger partial charge < -0.3 is 15.0 Å². The molecule has 5 heteroatoms. The van der Waals surface area contributed by atoms with Gasteiger partial charge in [-0.05, 0) is 30.0 Å². The Kier molecular flexibility index (Phi) is 6.12. The Morgan fingerprint density at radius 1 is 1.15 bits per heavy atom. The summed E-state index contributed by atoms with van der Waals surface area (Å²) < 4.78 is 5.67. The minimum absolute atomic E-state index is 0.0594. The van der Waals surface area contributed by atoms with Gasteiger partial charge in [0, 0.05) is 24.7 Å². The van der Waals surface area contributed by atoms with Gasteiger partial charge in [0.05, 0.1) is 6.04 Å². The molecule has 2 aromatic rings. The minimum Gasteiger partial charge on any atom is -0.484 e. The largest absolute Gasteiger partial charge is 0.484 e. The Labute approximate surface area is 160 Å². The van der Waals surface area contributed by atoms with Crippen LogP contribution in [0.4, 0.5) is 5.69 Å². The maximum Gasteiger partial charge on any atom is 0.258 e. The van der Waals surface area contributed by atoms with Gasteiger partial charge in [-0.1, -0.05) is 50.2 Å². The van der Waals surface area contributed by atoms with Crippen LogP contribution in [0.15, 0.2) is 54.6 Å². The van der Waals surface area contributed by atoms with Gasteiger partial charge in [0.2, 0.25) is 5.91 Å². The summed E-state index contributed by atoms with van der Waals surface area (Å²) in [5, 5.41) is 3.05. The van der Waals surface area contributed by atoms with E-state index in [9.17, 15) is 9.59 Å². The first-order chi connectivity index (χ1) is 13.0. The van der Waals surface area contributed by atoms with Crippen LogP contribution in [0.1, 0.15) is 38.3 Å². The molecule has 1 aliphatic rings. The van der Waals surface area contributed by atoms with Crippen molar-refractivity contribution in [1.29, 1.82) is 0 Å². The predicted molar refractivity (Wildman–Crippen MR) is 106 cm³/mol. The van der Waals surface area contributed by atoms with Gasteiger partial charge in [-0.25, -0.2) is 0 Å². The molecule has 0 saturated carbocycles. The van der Waals surface area contributed by atoms with Crippen LogP contribution in [0.5, 0.6) is 5.75 Å². The number of benzene rings is 2. The van der Waals surface area contributed by atoms with E-state index in [0.29, 0.717) is 12.2 Å². The van der Waals surface area contributed by atoms with E-state index in [1.54, 1.807) is 11.0 Å². The van der Waals surface area contributed by atoms with Crippen molar-refractivity contribution in [3.05, 3.63) is 60.2 Å². The third kappa shape index (κ3) is 4.88. The molecule has 142 valence electrons. The number of carbonyl (C=O) groups excluding carboxylic acids is 2. The molecule has 1 saturated heterocycles. The van der Waals surface area contributed by atoms with Crippen LogP contribution in [0.25, 0.3) is 0 Å². The van der Waals surface area contributed by atoms with E-state index in [1.165, 1.54) is 0 Å². The molecule has 0 bridgehead atoms. The number of rotatable bonds is 7. The monoisotopic (exact) mass is 366 g/mol. The van der Waals surface area contributed by atoms with Gasteiger partial charge in [-0.2, -0.15) is 0 Å². The number of carbonyl (C=O) groups is 2. The zero-order valence-corrected chi connectivity index (χ0v) is 15.9. The van der Waals surface area contributed by atoms with Gasteiger partial charge in [0.15, 0.2) is 6.61 Å². The first-order valence-corrected chi connectivity index (χ1v) is 9.42. The highest BCUT2D eigenvalue weighted by Crippen LogP contribution is 2.25. The maximum absolute atomic E-state index is 12.4. The quantitative estimate of drug-likeness (QED) is 0.813. The summed E-state index contributed by atoms with van der Waals surface area (Å²) in [4.78, 5) is 26.1. The highest BCUT2D eigenvalue weighted by molar-refractivity contribution is 5.95. The Morgan fingerprint density at radius 3 is 2.59 bits per heavy atom. The molecule has 1 fully saturated rings. The summed E-state index contributed by atoms with van der Waals surface area (Å²) in [6, 6.07) is 17.2. The first-order valence-electron chi connectivity index (χ1n) is 9.42. The minimum atomic E-state index is -0.166. The maximum atomic E-state index is 12.4. The second-order valence-electron chi connectivity index (χ2n) is 7.13. The van der Waals surface area contributed by atoms with Gasteiger partial charge in [0.1, 0.15) is 5.75 Å². The summed E-state index contributed by atoms with van der Waals surface area (Å²) >= 11 is 0. The number of hydrogen-bond acceptors (Lipinski definition) is 3. The van der Waals surface area contributed by atoms with Crippen molar-refractivity contribution in [2.24, 2.45) is 5.92 Å². The van der Waals surface area contributed by atoms with Gasteiger partial charge in [-0.3, -0.25) is 9.59 Å². The molecule has 2 aromatic carbocycles. The number of nitrogens with one attached hydrogen (secondary N) is 1. The predicted octanol–water partition coefficient (Wildman–Crippen LogP) is 3.71.